The SMILES string of the molecule is CN(CCc1ccccc1)C(=O)c1csc(C2CCN(C(=O)Cc3ccc(F)cc3)CC2)n1. The molecule has 0 N–H and O–H groups in total. The van der Waals surface area contributed by atoms with E-state index in [2.05, 4.69) is 17.1 Å². The first-order chi connectivity index (χ1) is 16.0. The Hall–Kier alpha value is -3.06. The fourth-order valence-corrected chi connectivity index (χ4v) is 5.04. The molecule has 1 aromatic heterocycles. The summed E-state index contributed by atoms with van der Waals surface area (Å²) in [6, 6.07) is 16.2. The van der Waals surface area contributed by atoms with Crippen molar-refractivity contribution in [2.24, 2.45) is 0 Å². The molecule has 0 unspecified atom stereocenters. The highest BCUT2D eigenvalue weighted by Gasteiger charge is 2.27. The fraction of sp³-hybridized carbons (Fsp3) is 0.346. The van der Waals surface area contributed by atoms with Crippen LogP contribution in [0, 0.1) is 5.82 Å². The average molecular weight is 466 g/mol. The maximum absolute atomic E-state index is 13.1. The summed E-state index contributed by atoms with van der Waals surface area (Å²) in [5.41, 5.74) is 2.53. The van der Waals surface area contributed by atoms with Crippen molar-refractivity contribution in [2.75, 3.05) is 26.7 Å². The number of amides is 2. The molecule has 0 atom stereocenters. The molecule has 0 bridgehead atoms. The molecule has 2 aromatic carbocycles. The Morgan fingerprint density at radius 2 is 1.76 bits per heavy atom. The second kappa shape index (κ2) is 10.7. The molecule has 1 aliphatic rings. The maximum Gasteiger partial charge on any atom is 0.273 e. The molecular weight excluding hydrogens is 437 g/mol. The zero-order valence-electron chi connectivity index (χ0n) is 18.7. The highest BCUT2D eigenvalue weighted by Crippen LogP contribution is 2.30. The number of piperidine rings is 1. The number of aromatic nitrogens is 1. The second-order valence-corrected chi connectivity index (χ2v) is 9.38. The number of likely N-dealkylation sites (tertiary alicyclic amines) is 1. The Labute approximate surface area is 197 Å². The molecule has 0 radical (unpaired) electrons. The predicted octanol–water partition coefficient (Wildman–Crippen LogP) is 4.55. The Balaban J connectivity index is 1.27. The van der Waals surface area contributed by atoms with Gasteiger partial charge in [-0.15, -0.1) is 11.3 Å². The van der Waals surface area contributed by atoms with Gasteiger partial charge < -0.3 is 9.80 Å². The van der Waals surface area contributed by atoms with Crippen LogP contribution in [0.1, 0.15) is 45.4 Å². The molecule has 3 aromatic rings. The summed E-state index contributed by atoms with van der Waals surface area (Å²) < 4.78 is 13.1. The van der Waals surface area contributed by atoms with Crippen molar-refractivity contribution < 1.29 is 14.0 Å². The second-order valence-electron chi connectivity index (χ2n) is 8.49. The number of carbonyl (C=O) groups excluding carboxylic acids is 2. The van der Waals surface area contributed by atoms with E-state index in [4.69, 9.17) is 0 Å². The third-order valence-corrected chi connectivity index (χ3v) is 7.14. The maximum atomic E-state index is 13.1. The topological polar surface area (TPSA) is 53.5 Å². The van der Waals surface area contributed by atoms with Gasteiger partial charge in [-0.05, 0) is 42.5 Å². The Kier molecular flexibility index (Phi) is 7.50. The van der Waals surface area contributed by atoms with Crippen molar-refractivity contribution in [3.05, 3.63) is 87.6 Å². The summed E-state index contributed by atoms with van der Waals surface area (Å²) >= 11 is 1.53. The highest BCUT2D eigenvalue weighted by atomic mass is 32.1. The lowest BCUT2D eigenvalue weighted by molar-refractivity contribution is -0.131. The minimum atomic E-state index is -0.296. The molecule has 7 heteroatoms. The van der Waals surface area contributed by atoms with Crippen molar-refractivity contribution >= 4 is 23.2 Å². The third-order valence-electron chi connectivity index (χ3n) is 6.13. The van der Waals surface area contributed by atoms with Crippen LogP contribution in [0.15, 0.2) is 60.0 Å². The monoisotopic (exact) mass is 465 g/mol. The molecule has 0 saturated carbocycles. The van der Waals surface area contributed by atoms with E-state index in [1.54, 1.807) is 17.0 Å². The number of hydrogen-bond donors (Lipinski definition) is 0. The van der Waals surface area contributed by atoms with E-state index in [0.717, 1.165) is 29.8 Å². The third kappa shape index (κ3) is 6.05. The number of likely N-dealkylation sites (N-methyl/N-ethyl adjacent to an activating group) is 1. The van der Waals surface area contributed by atoms with Crippen LogP contribution in [0.2, 0.25) is 0 Å². The number of thiazole rings is 1. The Morgan fingerprint density at radius 3 is 2.45 bits per heavy atom. The van der Waals surface area contributed by atoms with Gasteiger partial charge in [-0.25, -0.2) is 9.37 Å². The van der Waals surface area contributed by atoms with E-state index < -0.39 is 0 Å². The lowest BCUT2D eigenvalue weighted by Gasteiger charge is -2.31. The van der Waals surface area contributed by atoms with Gasteiger partial charge in [0.25, 0.3) is 5.91 Å². The Morgan fingerprint density at radius 1 is 1.06 bits per heavy atom. The van der Waals surface area contributed by atoms with Crippen LogP contribution in [0.5, 0.6) is 0 Å². The molecule has 1 saturated heterocycles. The minimum Gasteiger partial charge on any atom is -0.342 e. The molecule has 2 amide bonds. The number of halogens is 1. The van der Waals surface area contributed by atoms with Gasteiger partial charge in [0.1, 0.15) is 11.5 Å². The lowest BCUT2D eigenvalue weighted by Crippen LogP contribution is -2.38. The quantitative estimate of drug-likeness (QED) is 0.515. The van der Waals surface area contributed by atoms with E-state index in [0.29, 0.717) is 25.3 Å². The summed E-state index contributed by atoms with van der Waals surface area (Å²) in [7, 11) is 1.81. The standard InChI is InChI=1S/C26H28FN3O2S/c1-29(14-11-19-5-3-2-4-6-19)26(32)23-18-33-25(28-23)21-12-15-30(16-13-21)24(31)17-20-7-9-22(27)10-8-20/h2-10,18,21H,11-17H2,1H3. The van der Waals surface area contributed by atoms with Gasteiger partial charge in [0, 0.05) is 38.0 Å². The number of nitrogens with zero attached hydrogens (tertiary/aromatic N) is 3. The normalized spacial score (nSPS) is 14.3. The smallest absolute Gasteiger partial charge is 0.273 e. The van der Waals surface area contributed by atoms with Crippen LogP contribution in [0.3, 0.4) is 0 Å². The molecule has 33 heavy (non-hydrogen) atoms. The summed E-state index contributed by atoms with van der Waals surface area (Å²) in [6.07, 6.45) is 2.76. The molecule has 1 aliphatic heterocycles. The van der Waals surface area contributed by atoms with Crippen LogP contribution in [0.25, 0.3) is 0 Å². The number of hydrogen-bond acceptors (Lipinski definition) is 4. The molecule has 4 rings (SSSR count). The first-order valence-corrected chi connectivity index (χ1v) is 12.1. The Bertz CT molecular complexity index is 1080. The van der Waals surface area contributed by atoms with Crippen molar-refractivity contribution in [3.8, 4) is 0 Å². The van der Waals surface area contributed by atoms with Gasteiger partial charge in [0.2, 0.25) is 5.91 Å². The first-order valence-electron chi connectivity index (χ1n) is 11.3. The number of benzene rings is 2. The van der Waals surface area contributed by atoms with Crippen LogP contribution in [-0.4, -0.2) is 53.3 Å². The summed E-state index contributed by atoms with van der Waals surface area (Å²) in [6.45, 7) is 1.99. The minimum absolute atomic E-state index is 0.0552. The lowest BCUT2D eigenvalue weighted by atomic mass is 9.97. The van der Waals surface area contributed by atoms with Gasteiger partial charge in [-0.1, -0.05) is 42.5 Å². The molecule has 2 heterocycles. The van der Waals surface area contributed by atoms with Gasteiger partial charge in [0.15, 0.2) is 0 Å². The number of carbonyl (C=O) groups is 2. The van der Waals surface area contributed by atoms with Crippen LogP contribution < -0.4 is 0 Å². The van der Waals surface area contributed by atoms with E-state index >= 15 is 0 Å². The van der Waals surface area contributed by atoms with E-state index in [1.165, 1.54) is 29.0 Å². The molecule has 1 fully saturated rings. The average Bonchev–Trinajstić information content (AvgIpc) is 3.34. The highest BCUT2D eigenvalue weighted by molar-refractivity contribution is 7.09. The van der Waals surface area contributed by atoms with Crippen LogP contribution in [0.4, 0.5) is 4.39 Å². The fourth-order valence-electron chi connectivity index (χ4n) is 4.08. The molecule has 0 aliphatic carbocycles. The van der Waals surface area contributed by atoms with Gasteiger partial charge in [0.05, 0.1) is 11.4 Å². The first kappa shape index (κ1) is 23.1. The summed E-state index contributed by atoms with van der Waals surface area (Å²) in [5.74, 6) is -0.0211. The van der Waals surface area contributed by atoms with Gasteiger partial charge in [-0.3, -0.25) is 9.59 Å². The van der Waals surface area contributed by atoms with Crippen LogP contribution in [-0.2, 0) is 17.6 Å². The zero-order chi connectivity index (χ0) is 23.2. The summed E-state index contributed by atoms with van der Waals surface area (Å²) in [5, 5.41) is 2.82. The zero-order valence-corrected chi connectivity index (χ0v) is 19.6. The van der Waals surface area contributed by atoms with E-state index in [-0.39, 0.29) is 30.0 Å². The van der Waals surface area contributed by atoms with Crippen molar-refractivity contribution in [1.82, 2.24) is 14.8 Å². The largest absolute Gasteiger partial charge is 0.342 e. The van der Waals surface area contributed by atoms with Crippen LogP contribution >= 0.6 is 11.3 Å². The van der Waals surface area contributed by atoms with Crippen molar-refractivity contribution in [3.63, 3.8) is 0 Å². The van der Waals surface area contributed by atoms with Crippen molar-refractivity contribution in [2.45, 2.75) is 31.6 Å². The van der Waals surface area contributed by atoms with Gasteiger partial charge in [-0.2, -0.15) is 0 Å². The number of rotatable bonds is 7. The van der Waals surface area contributed by atoms with Gasteiger partial charge >= 0.3 is 0 Å². The molecule has 0 spiro atoms. The van der Waals surface area contributed by atoms with E-state index in [1.807, 2.05) is 35.5 Å². The summed E-state index contributed by atoms with van der Waals surface area (Å²) in [4.78, 5) is 33.6. The van der Waals surface area contributed by atoms with Crippen molar-refractivity contribution in [1.29, 1.82) is 0 Å². The molecule has 172 valence electrons. The van der Waals surface area contributed by atoms with E-state index in [9.17, 15) is 14.0 Å². The molecule has 5 nitrogen and oxygen atoms in total. The predicted molar refractivity (Wildman–Crippen MR) is 128 cm³/mol. The molecular formula is C26H28FN3O2S.